The van der Waals surface area contributed by atoms with Crippen LogP contribution < -0.4 is 0 Å². The Kier molecular flexibility index (Phi) is 8.14. The number of hydrogen-bond donors (Lipinski definition) is 0. The number of hydrogen-bond acceptors (Lipinski definition) is 4. The van der Waals surface area contributed by atoms with Crippen molar-refractivity contribution >= 4 is 23.2 Å². The average molecular weight is 610 g/mol. The second kappa shape index (κ2) is 11.4. The number of thiophene rings is 1. The Morgan fingerprint density at radius 1 is 0.905 bits per heavy atom. The second-order valence-corrected chi connectivity index (χ2v) is 11.8. The third kappa shape index (κ3) is 6.19. The molecule has 0 saturated carbocycles. The van der Waals surface area contributed by atoms with Crippen LogP contribution in [-0.4, -0.2) is 65.3 Å². The van der Waals surface area contributed by atoms with Crippen LogP contribution in [0.15, 0.2) is 53.9 Å². The molecular weight excluding hydrogens is 580 g/mol. The van der Waals surface area contributed by atoms with Crippen molar-refractivity contribution in [2.45, 2.75) is 44.7 Å². The van der Waals surface area contributed by atoms with E-state index in [1.807, 2.05) is 19.1 Å². The number of carbonyl (C=O) groups excluding carboxylic acids is 2. The maximum absolute atomic E-state index is 13.5. The van der Waals surface area contributed by atoms with E-state index in [4.69, 9.17) is 0 Å². The van der Waals surface area contributed by atoms with Crippen LogP contribution >= 0.6 is 11.3 Å². The largest absolute Gasteiger partial charge is 0.416 e. The molecule has 1 aromatic heterocycles. The van der Waals surface area contributed by atoms with Crippen molar-refractivity contribution in [1.29, 1.82) is 0 Å². The van der Waals surface area contributed by atoms with Gasteiger partial charge in [-0.3, -0.25) is 14.5 Å². The Balaban J connectivity index is 1.30. The van der Waals surface area contributed by atoms with Crippen LogP contribution in [0.5, 0.6) is 0 Å². The number of halogens is 6. The van der Waals surface area contributed by atoms with Gasteiger partial charge in [-0.1, -0.05) is 29.8 Å². The fourth-order valence-electron chi connectivity index (χ4n) is 5.68. The molecule has 0 spiro atoms. The zero-order valence-electron chi connectivity index (χ0n) is 22.9. The monoisotopic (exact) mass is 609 g/mol. The maximum Gasteiger partial charge on any atom is 0.416 e. The number of benzene rings is 2. The predicted octanol–water partition coefficient (Wildman–Crippen LogP) is 6.41. The molecule has 2 amide bonds. The van der Waals surface area contributed by atoms with Gasteiger partial charge in [0.1, 0.15) is 0 Å². The van der Waals surface area contributed by atoms with Crippen LogP contribution in [0, 0.1) is 6.92 Å². The van der Waals surface area contributed by atoms with Crippen LogP contribution in [-0.2, 0) is 23.6 Å². The smallest absolute Gasteiger partial charge is 0.338 e. The number of piperazine rings is 1. The summed E-state index contributed by atoms with van der Waals surface area (Å²) in [6, 6.07) is 10.5. The van der Waals surface area contributed by atoms with E-state index in [-0.39, 0.29) is 44.2 Å². The van der Waals surface area contributed by atoms with Crippen LogP contribution in [0.1, 0.15) is 56.0 Å². The molecule has 224 valence electrons. The van der Waals surface area contributed by atoms with Gasteiger partial charge in [-0.15, -0.1) is 11.3 Å². The first kappa shape index (κ1) is 30.1. The van der Waals surface area contributed by atoms with Crippen molar-refractivity contribution in [2.75, 3.05) is 32.7 Å². The lowest BCUT2D eigenvalue weighted by Crippen LogP contribution is -2.57. The van der Waals surface area contributed by atoms with Gasteiger partial charge in [0, 0.05) is 42.7 Å². The first-order chi connectivity index (χ1) is 19.7. The lowest BCUT2D eigenvalue weighted by atomic mass is 9.92. The lowest BCUT2D eigenvalue weighted by Gasteiger charge is -2.42. The molecule has 0 N–H and O–H groups in total. The third-order valence-electron chi connectivity index (χ3n) is 7.87. The summed E-state index contributed by atoms with van der Waals surface area (Å²) in [5.41, 5.74) is -0.392. The number of amides is 2. The summed E-state index contributed by atoms with van der Waals surface area (Å²) < 4.78 is 80.0. The van der Waals surface area contributed by atoms with Crippen molar-refractivity contribution in [3.63, 3.8) is 0 Å². The summed E-state index contributed by atoms with van der Waals surface area (Å²) in [5.74, 6) is -1.09. The fraction of sp³-hybridized carbons (Fsp3) is 0.400. The molecule has 2 aliphatic heterocycles. The molecular formula is C30H29F6N3O2S. The van der Waals surface area contributed by atoms with Gasteiger partial charge in [-0.25, -0.2) is 0 Å². The Hall–Kier alpha value is -3.38. The van der Waals surface area contributed by atoms with Gasteiger partial charge < -0.3 is 9.80 Å². The average Bonchev–Trinajstić information content (AvgIpc) is 3.41. The highest BCUT2D eigenvalue weighted by molar-refractivity contribution is 7.10. The van der Waals surface area contributed by atoms with E-state index < -0.39 is 41.0 Å². The van der Waals surface area contributed by atoms with E-state index in [9.17, 15) is 35.9 Å². The molecule has 2 atom stereocenters. The molecule has 0 bridgehead atoms. The lowest BCUT2D eigenvalue weighted by molar-refractivity contribution is -0.143. The number of fused-ring (bicyclic) bond motifs is 1. The van der Waals surface area contributed by atoms with Gasteiger partial charge in [0.2, 0.25) is 5.91 Å². The number of nitrogens with zero attached hydrogens (tertiary/aromatic N) is 3. The number of rotatable bonds is 4. The number of aryl methyl sites for hydroxylation is 1. The summed E-state index contributed by atoms with van der Waals surface area (Å²) in [6.07, 6.45) is -9.29. The number of carbonyl (C=O) groups is 2. The predicted molar refractivity (Wildman–Crippen MR) is 146 cm³/mol. The molecule has 1 saturated heterocycles. The Labute approximate surface area is 243 Å². The minimum atomic E-state index is -5.05. The quantitative estimate of drug-likeness (QED) is 0.321. The first-order valence-corrected chi connectivity index (χ1v) is 14.4. The minimum absolute atomic E-state index is 0.000331. The topological polar surface area (TPSA) is 43.9 Å². The van der Waals surface area contributed by atoms with Crippen LogP contribution in [0.25, 0.3) is 0 Å². The molecule has 5 rings (SSSR count). The molecule has 12 heteroatoms. The highest BCUT2D eigenvalue weighted by Gasteiger charge is 2.39. The molecule has 5 nitrogen and oxygen atoms in total. The van der Waals surface area contributed by atoms with Gasteiger partial charge >= 0.3 is 12.4 Å². The summed E-state index contributed by atoms with van der Waals surface area (Å²) >= 11 is 1.70. The second-order valence-electron chi connectivity index (χ2n) is 10.8. The van der Waals surface area contributed by atoms with Crippen molar-refractivity contribution in [3.05, 3.63) is 92.2 Å². The van der Waals surface area contributed by atoms with E-state index in [1.165, 1.54) is 15.3 Å². The molecule has 42 heavy (non-hydrogen) atoms. The van der Waals surface area contributed by atoms with Gasteiger partial charge in [0.15, 0.2) is 0 Å². The van der Waals surface area contributed by atoms with Gasteiger partial charge in [-0.05, 0) is 61.0 Å². The van der Waals surface area contributed by atoms with E-state index in [1.54, 1.807) is 23.2 Å². The zero-order chi connectivity index (χ0) is 30.4. The molecule has 1 fully saturated rings. The minimum Gasteiger partial charge on any atom is -0.338 e. The van der Waals surface area contributed by atoms with Crippen molar-refractivity contribution in [2.24, 2.45) is 0 Å². The summed E-state index contributed by atoms with van der Waals surface area (Å²) in [7, 11) is 0. The highest BCUT2D eigenvalue weighted by Crippen LogP contribution is 2.39. The van der Waals surface area contributed by atoms with Gasteiger partial charge in [0.05, 0.1) is 23.7 Å². The highest BCUT2D eigenvalue weighted by atomic mass is 32.1. The first-order valence-electron chi connectivity index (χ1n) is 13.5. The van der Waals surface area contributed by atoms with Crippen molar-refractivity contribution < 1.29 is 35.9 Å². The Morgan fingerprint density at radius 2 is 1.55 bits per heavy atom. The summed E-state index contributed by atoms with van der Waals surface area (Å²) in [6.45, 7) is 4.67. The maximum atomic E-state index is 13.5. The summed E-state index contributed by atoms with van der Waals surface area (Å²) in [4.78, 5) is 32.9. The fourth-order valence-corrected chi connectivity index (χ4v) is 6.59. The van der Waals surface area contributed by atoms with Crippen molar-refractivity contribution in [1.82, 2.24) is 14.7 Å². The van der Waals surface area contributed by atoms with Crippen molar-refractivity contribution in [3.8, 4) is 0 Å². The summed E-state index contributed by atoms with van der Waals surface area (Å²) in [5, 5.41) is 2.05. The van der Waals surface area contributed by atoms with E-state index >= 15 is 0 Å². The molecule has 2 aliphatic rings. The van der Waals surface area contributed by atoms with Crippen LogP contribution in [0.3, 0.4) is 0 Å². The SMILES string of the molecule is Cc1ccc(C2c3ccsc3CCN2CC(=O)N2CCN(C(=O)c3cc(C(F)(F)F)cc(C(F)(F)F)c3)C(C)C2)cc1. The Morgan fingerprint density at radius 3 is 2.14 bits per heavy atom. The van der Waals surface area contributed by atoms with Crippen LogP contribution in [0.2, 0.25) is 0 Å². The zero-order valence-corrected chi connectivity index (χ0v) is 23.7. The number of alkyl halides is 6. The van der Waals surface area contributed by atoms with Gasteiger partial charge in [-0.2, -0.15) is 26.3 Å². The molecule has 2 aromatic carbocycles. The normalized spacial score (nSPS) is 20.0. The molecule has 0 aliphatic carbocycles. The van der Waals surface area contributed by atoms with E-state index in [2.05, 4.69) is 28.5 Å². The van der Waals surface area contributed by atoms with Crippen LogP contribution in [0.4, 0.5) is 26.3 Å². The molecule has 3 heterocycles. The molecule has 3 aromatic rings. The van der Waals surface area contributed by atoms with E-state index in [0.29, 0.717) is 18.7 Å². The third-order valence-corrected chi connectivity index (χ3v) is 8.87. The molecule has 2 unspecified atom stereocenters. The van der Waals surface area contributed by atoms with E-state index in [0.717, 1.165) is 17.5 Å². The van der Waals surface area contributed by atoms with Gasteiger partial charge in [0.25, 0.3) is 5.91 Å². The Bertz CT molecular complexity index is 1430. The molecule has 0 radical (unpaired) electrons. The standard InChI is InChI=1S/C30H29F6N3O2S/c1-18-3-5-20(6-4-18)27-24-8-12-42-25(24)7-9-38(27)17-26(40)37-10-11-39(19(2)16-37)28(41)21-13-22(29(31,32)33)15-23(14-21)30(34,35)36/h3-6,8,12-15,19,27H,7,9-11,16-17H2,1-2H3.